The van der Waals surface area contributed by atoms with Crippen LogP contribution in [0.3, 0.4) is 0 Å². The fourth-order valence-corrected chi connectivity index (χ4v) is 3.65. The summed E-state index contributed by atoms with van der Waals surface area (Å²) in [5.41, 5.74) is 2.28. The second-order valence-electron chi connectivity index (χ2n) is 7.59. The molecule has 0 aliphatic heterocycles. The molecule has 0 heterocycles. The predicted octanol–water partition coefficient (Wildman–Crippen LogP) is 6.58. The number of nitrogens with one attached hydrogen (secondary N) is 2. The number of rotatable bonds is 9. The third-order valence-electron chi connectivity index (χ3n) is 5.45. The number of benzene rings is 3. The first kappa shape index (κ1) is 23.5. The highest BCUT2D eigenvalue weighted by Gasteiger charge is 2.30. The zero-order chi connectivity index (χ0) is 23.1. The van der Waals surface area contributed by atoms with E-state index in [1.807, 2.05) is 30.3 Å². The predicted molar refractivity (Wildman–Crippen MR) is 119 cm³/mol. The first-order chi connectivity index (χ1) is 15.3. The molecule has 3 aromatic carbocycles. The van der Waals surface area contributed by atoms with Crippen LogP contribution in [0, 0.1) is 5.82 Å². The molecule has 0 saturated carbocycles. The maximum absolute atomic E-state index is 14.7. The van der Waals surface area contributed by atoms with E-state index in [0.29, 0.717) is 18.4 Å². The number of alkyl halides is 3. The molecule has 2 atom stereocenters. The van der Waals surface area contributed by atoms with Crippen LogP contribution in [-0.2, 0) is 12.6 Å². The Kier molecular flexibility index (Phi) is 7.70. The average molecular weight is 443 g/mol. The fourth-order valence-electron chi connectivity index (χ4n) is 3.65. The Bertz CT molecular complexity index is 1010. The Morgan fingerprint density at radius 1 is 0.906 bits per heavy atom. The van der Waals surface area contributed by atoms with E-state index in [0.717, 1.165) is 29.0 Å². The van der Waals surface area contributed by atoms with Gasteiger partial charge in [-0.15, -0.1) is 0 Å². The van der Waals surface area contributed by atoms with Gasteiger partial charge in [0.2, 0.25) is 0 Å². The standard InChI is InChI=1S/C26H26F4N2/c1-18(31-2)25(20-8-4-3-5-9-20)32-24(22-10-6-7-11-23(22)27)17-14-19-12-15-21(16-13-19)26(28,29)30/h3-13,15-16,24-25,31-32H,1,14,17H2,2H3/t24-,25?/m1/s1. The average Bonchev–Trinajstić information content (AvgIpc) is 2.79. The van der Waals surface area contributed by atoms with E-state index in [1.165, 1.54) is 18.2 Å². The van der Waals surface area contributed by atoms with Crippen LogP contribution in [0.2, 0.25) is 0 Å². The van der Waals surface area contributed by atoms with E-state index < -0.39 is 11.7 Å². The number of hydrogen-bond acceptors (Lipinski definition) is 2. The molecule has 2 nitrogen and oxygen atoms in total. The van der Waals surface area contributed by atoms with Gasteiger partial charge in [0.1, 0.15) is 5.82 Å². The van der Waals surface area contributed by atoms with Crippen LogP contribution >= 0.6 is 0 Å². The number of hydrogen-bond donors (Lipinski definition) is 2. The van der Waals surface area contributed by atoms with Crippen molar-refractivity contribution in [1.82, 2.24) is 10.6 Å². The molecule has 0 radical (unpaired) electrons. The van der Waals surface area contributed by atoms with Gasteiger partial charge in [0.05, 0.1) is 11.6 Å². The molecule has 2 N–H and O–H groups in total. The van der Waals surface area contributed by atoms with E-state index in [9.17, 15) is 17.6 Å². The zero-order valence-corrected chi connectivity index (χ0v) is 17.8. The van der Waals surface area contributed by atoms with E-state index in [-0.39, 0.29) is 17.9 Å². The van der Waals surface area contributed by atoms with E-state index in [2.05, 4.69) is 17.2 Å². The molecule has 168 valence electrons. The topological polar surface area (TPSA) is 24.1 Å². The third-order valence-corrected chi connectivity index (χ3v) is 5.45. The lowest BCUT2D eigenvalue weighted by Crippen LogP contribution is -2.32. The van der Waals surface area contributed by atoms with Crippen LogP contribution in [0.5, 0.6) is 0 Å². The molecule has 0 spiro atoms. The summed E-state index contributed by atoms with van der Waals surface area (Å²) in [6, 6.07) is 20.7. The van der Waals surface area contributed by atoms with Gasteiger partial charge in [0.15, 0.2) is 0 Å². The Hall–Kier alpha value is -3.12. The van der Waals surface area contributed by atoms with E-state index >= 15 is 0 Å². The summed E-state index contributed by atoms with van der Waals surface area (Å²) in [5.74, 6) is -0.334. The lowest BCUT2D eigenvalue weighted by molar-refractivity contribution is -0.137. The molecule has 0 saturated heterocycles. The summed E-state index contributed by atoms with van der Waals surface area (Å²) < 4.78 is 53.2. The van der Waals surface area contributed by atoms with Crippen molar-refractivity contribution in [3.8, 4) is 0 Å². The van der Waals surface area contributed by atoms with Crippen molar-refractivity contribution in [3.63, 3.8) is 0 Å². The summed E-state index contributed by atoms with van der Waals surface area (Å²) >= 11 is 0. The molecule has 3 aromatic rings. The molecule has 32 heavy (non-hydrogen) atoms. The minimum absolute atomic E-state index is 0.279. The monoisotopic (exact) mass is 442 g/mol. The molecule has 3 rings (SSSR count). The first-order valence-corrected chi connectivity index (χ1v) is 10.4. The molecule has 0 fully saturated rings. The number of aryl methyl sites for hydroxylation is 1. The SMILES string of the molecule is C=C(NC)C(N[C@H](CCc1ccc(C(F)(F)F)cc1)c1ccccc1F)c1ccccc1. The summed E-state index contributed by atoms with van der Waals surface area (Å²) in [6.07, 6.45) is -3.39. The Morgan fingerprint density at radius 3 is 2.12 bits per heavy atom. The van der Waals surface area contributed by atoms with Gasteiger partial charge < -0.3 is 5.32 Å². The van der Waals surface area contributed by atoms with Crippen molar-refractivity contribution in [2.75, 3.05) is 7.05 Å². The fraction of sp³-hybridized carbons (Fsp3) is 0.231. The zero-order valence-electron chi connectivity index (χ0n) is 17.8. The Morgan fingerprint density at radius 2 is 1.53 bits per heavy atom. The molecule has 0 aliphatic rings. The van der Waals surface area contributed by atoms with Crippen molar-refractivity contribution >= 4 is 0 Å². The lowest BCUT2D eigenvalue weighted by Gasteiger charge is -2.28. The van der Waals surface area contributed by atoms with Crippen LogP contribution in [0.4, 0.5) is 17.6 Å². The van der Waals surface area contributed by atoms with Crippen LogP contribution in [0.25, 0.3) is 0 Å². The molecular weight excluding hydrogens is 416 g/mol. The largest absolute Gasteiger partial charge is 0.416 e. The van der Waals surface area contributed by atoms with Crippen LogP contribution in [0.1, 0.15) is 40.8 Å². The highest BCUT2D eigenvalue weighted by atomic mass is 19.4. The minimum atomic E-state index is -4.37. The van der Waals surface area contributed by atoms with Gasteiger partial charge >= 0.3 is 6.18 Å². The smallest absolute Gasteiger partial charge is 0.390 e. The Labute approximate surface area is 186 Å². The van der Waals surface area contributed by atoms with Crippen molar-refractivity contribution in [1.29, 1.82) is 0 Å². The van der Waals surface area contributed by atoms with Crippen molar-refractivity contribution < 1.29 is 17.6 Å². The summed E-state index contributed by atoms with van der Waals surface area (Å²) in [7, 11) is 1.78. The van der Waals surface area contributed by atoms with Crippen LogP contribution in [0.15, 0.2) is 91.1 Å². The lowest BCUT2D eigenvalue weighted by atomic mass is 9.95. The van der Waals surface area contributed by atoms with E-state index in [4.69, 9.17) is 0 Å². The van der Waals surface area contributed by atoms with Gasteiger partial charge in [-0.2, -0.15) is 13.2 Å². The van der Waals surface area contributed by atoms with Crippen molar-refractivity contribution in [3.05, 3.63) is 119 Å². The quantitative estimate of drug-likeness (QED) is 0.366. The molecule has 1 unspecified atom stereocenters. The van der Waals surface area contributed by atoms with Gasteiger partial charge in [-0.3, -0.25) is 5.32 Å². The summed E-state index contributed by atoms with van der Waals surface area (Å²) in [5, 5.41) is 6.57. The van der Waals surface area contributed by atoms with Crippen LogP contribution in [-0.4, -0.2) is 7.05 Å². The highest BCUT2D eigenvalue weighted by molar-refractivity contribution is 5.29. The molecule has 0 aliphatic carbocycles. The van der Waals surface area contributed by atoms with Gasteiger partial charge in [0.25, 0.3) is 0 Å². The molecular formula is C26H26F4N2. The highest BCUT2D eigenvalue weighted by Crippen LogP contribution is 2.31. The second-order valence-corrected chi connectivity index (χ2v) is 7.59. The Balaban J connectivity index is 1.85. The van der Waals surface area contributed by atoms with Gasteiger partial charge in [0, 0.05) is 24.4 Å². The molecule has 0 aromatic heterocycles. The number of halogens is 4. The maximum atomic E-state index is 14.7. The first-order valence-electron chi connectivity index (χ1n) is 10.4. The molecule has 6 heteroatoms. The van der Waals surface area contributed by atoms with Crippen molar-refractivity contribution in [2.45, 2.75) is 31.1 Å². The molecule has 0 amide bonds. The third kappa shape index (κ3) is 5.98. The van der Waals surface area contributed by atoms with Gasteiger partial charge in [-0.1, -0.05) is 67.2 Å². The van der Waals surface area contributed by atoms with Crippen LogP contribution < -0.4 is 10.6 Å². The van der Waals surface area contributed by atoms with Crippen molar-refractivity contribution in [2.24, 2.45) is 0 Å². The summed E-state index contributed by atoms with van der Waals surface area (Å²) in [4.78, 5) is 0. The normalized spacial score (nSPS) is 13.4. The van der Waals surface area contributed by atoms with Gasteiger partial charge in [-0.25, -0.2) is 4.39 Å². The van der Waals surface area contributed by atoms with E-state index in [1.54, 1.807) is 25.2 Å². The second kappa shape index (κ2) is 10.5. The molecule has 0 bridgehead atoms. The maximum Gasteiger partial charge on any atom is 0.416 e. The summed E-state index contributed by atoms with van der Waals surface area (Å²) in [6.45, 7) is 4.10. The number of likely N-dealkylation sites (N-methyl/N-ethyl adjacent to an activating group) is 1. The van der Waals surface area contributed by atoms with Gasteiger partial charge in [-0.05, 0) is 42.2 Å². The minimum Gasteiger partial charge on any atom is -0.390 e.